The van der Waals surface area contributed by atoms with Gasteiger partial charge in [-0.3, -0.25) is 4.79 Å². The summed E-state index contributed by atoms with van der Waals surface area (Å²) in [6, 6.07) is 22.2. The molecule has 0 aliphatic heterocycles. The molecule has 0 atom stereocenters. The molecule has 108 valence electrons. The van der Waals surface area contributed by atoms with E-state index in [2.05, 4.69) is 43.3 Å². The quantitative estimate of drug-likeness (QED) is 0.504. The Kier molecular flexibility index (Phi) is 4.12. The predicted molar refractivity (Wildman–Crippen MR) is 94.7 cm³/mol. The molecule has 0 unspecified atom stereocenters. The molecule has 0 bridgehead atoms. The van der Waals surface area contributed by atoms with Crippen molar-refractivity contribution < 1.29 is 4.79 Å². The Balaban J connectivity index is 2.08. The molecular weight excluding hydrogens is 288 g/mol. The van der Waals surface area contributed by atoms with E-state index < -0.39 is 0 Å². The van der Waals surface area contributed by atoms with Crippen LogP contribution in [0.2, 0.25) is 0 Å². The molecule has 0 N–H and O–H groups in total. The van der Waals surface area contributed by atoms with Crippen LogP contribution < -0.4 is 0 Å². The van der Waals surface area contributed by atoms with Gasteiger partial charge in [0.15, 0.2) is 0 Å². The Morgan fingerprint density at radius 1 is 0.773 bits per heavy atom. The van der Waals surface area contributed by atoms with Gasteiger partial charge in [-0.05, 0) is 29.2 Å². The van der Waals surface area contributed by atoms with Crippen molar-refractivity contribution in [3.63, 3.8) is 0 Å². The molecule has 0 amide bonds. The predicted octanol–water partition coefficient (Wildman–Crippen LogP) is 5.43. The number of benzene rings is 3. The molecule has 0 fully saturated rings. The van der Waals surface area contributed by atoms with E-state index in [4.69, 9.17) is 12.6 Å². The molecule has 22 heavy (non-hydrogen) atoms. The minimum Gasteiger partial charge on any atom is -0.298 e. The van der Waals surface area contributed by atoms with E-state index in [1.165, 1.54) is 5.56 Å². The maximum atomic E-state index is 10.8. The molecule has 0 radical (unpaired) electrons. The molecule has 0 aromatic heterocycles. The zero-order chi connectivity index (χ0) is 15.5. The lowest BCUT2D eigenvalue weighted by Crippen LogP contribution is -1.87. The summed E-state index contributed by atoms with van der Waals surface area (Å²) in [5.74, 6) is 0. The normalized spacial score (nSPS) is 10.5. The van der Waals surface area contributed by atoms with E-state index in [1.807, 2.05) is 30.3 Å². The Hall–Kier alpha value is -2.32. The SMILES string of the molecule is Cc1ccc(-c2cccc(-c3ccc(C=O)cc3)c2S)cc1. The second kappa shape index (κ2) is 6.20. The van der Waals surface area contributed by atoms with Crippen LogP contribution in [-0.4, -0.2) is 6.29 Å². The first kappa shape index (κ1) is 14.6. The third kappa shape index (κ3) is 2.83. The molecule has 2 heteroatoms. The molecule has 3 aromatic rings. The van der Waals surface area contributed by atoms with E-state index >= 15 is 0 Å². The zero-order valence-corrected chi connectivity index (χ0v) is 13.2. The minimum atomic E-state index is 0.680. The summed E-state index contributed by atoms with van der Waals surface area (Å²) in [6.45, 7) is 2.08. The molecular formula is C20H16OS. The van der Waals surface area contributed by atoms with Gasteiger partial charge in [-0.25, -0.2) is 0 Å². The number of carbonyl (C=O) groups excluding carboxylic acids is 1. The van der Waals surface area contributed by atoms with Gasteiger partial charge in [0, 0.05) is 10.5 Å². The molecule has 1 nitrogen and oxygen atoms in total. The summed E-state index contributed by atoms with van der Waals surface area (Å²) in [6.07, 6.45) is 0.855. The molecule has 0 aliphatic rings. The third-order valence-electron chi connectivity index (χ3n) is 3.76. The van der Waals surface area contributed by atoms with Crippen molar-refractivity contribution in [3.05, 3.63) is 77.9 Å². The zero-order valence-electron chi connectivity index (χ0n) is 12.3. The minimum absolute atomic E-state index is 0.680. The first-order chi connectivity index (χ1) is 10.7. The number of thiol groups is 1. The fraction of sp³-hybridized carbons (Fsp3) is 0.0500. The van der Waals surface area contributed by atoms with Gasteiger partial charge in [0.2, 0.25) is 0 Å². The smallest absolute Gasteiger partial charge is 0.150 e. The number of rotatable bonds is 3. The molecule has 3 aromatic carbocycles. The van der Waals surface area contributed by atoms with Gasteiger partial charge in [0.05, 0.1) is 0 Å². The van der Waals surface area contributed by atoms with E-state index in [0.29, 0.717) is 5.56 Å². The van der Waals surface area contributed by atoms with Crippen molar-refractivity contribution in [1.29, 1.82) is 0 Å². The van der Waals surface area contributed by atoms with Crippen LogP contribution in [0.25, 0.3) is 22.3 Å². The standard InChI is InChI=1S/C20H16OS/c1-14-5-9-16(10-6-14)18-3-2-4-19(20(18)22)17-11-7-15(13-21)8-12-17/h2-13,22H,1H3. The Labute approximate surface area is 136 Å². The van der Waals surface area contributed by atoms with E-state index in [-0.39, 0.29) is 0 Å². The van der Waals surface area contributed by atoms with Crippen LogP contribution in [0.5, 0.6) is 0 Å². The second-order valence-electron chi connectivity index (χ2n) is 5.31. The number of aldehydes is 1. The average molecular weight is 304 g/mol. The summed E-state index contributed by atoms with van der Waals surface area (Å²) in [4.78, 5) is 11.7. The molecule has 0 heterocycles. The lowest BCUT2D eigenvalue weighted by atomic mass is 9.98. The average Bonchev–Trinajstić information content (AvgIpc) is 2.56. The number of hydrogen-bond donors (Lipinski definition) is 1. The van der Waals surface area contributed by atoms with Crippen molar-refractivity contribution in [2.24, 2.45) is 0 Å². The summed E-state index contributed by atoms with van der Waals surface area (Å²) in [7, 11) is 0. The van der Waals surface area contributed by atoms with Crippen molar-refractivity contribution in [3.8, 4) is 22.3 Å². The second-order valence-corrected chi connectivity index (χ2v) is 5.75. The fourth-order valence-corrected chi connectivity index (χ4v) is 2.89. The Morgan fingerprint density at radius 2 is 1.27 bits per heavy atom. The molecule has 0 saturated carbocycles. The van der Waals surface area contributed by atoms with Crippen molar-refractivity contribution in [1.82, 2.24) is 0 Å². The van der Waals surface area contributed by atoms with Gasteiger partial charge in [-0.2, -0.15) is 0 Å². The Bertz CT molecular complexity index is 802. The van der Waals surface area contributed by atoms with Crippen LogP contribution in [0.1, 0.15) is 15.9 Å². The van der Waals surface area contributed by atoms with Gasteiger partial charge >= 0.3 is 0 Å². The maximum Gasteiger partial charge on any atom is 0.150 e. The van der Waals surface area contributed by atoms with Crippen molar-refractivity contribution in [2.45, 2.75) is 11.8 Å². The number of hydrogen-bond acceptors (Lipinski definition) is 2. The van der Waals surface area contributed by atoms with Crippen molar-refractivity contribution >= 4 is 18.9 Å². The van der Waals surface area contributed by atoms with Crippen LogP contribution in [0.4, 0.5) is 0 Å². The third-order valence-corrected chi connectivity index (χ3v) is 4.24. The number of carbonyl (C=O) groups is 1. The van der Waals surface area contributed by atoms with Gasteiger partial charge < -0.3 is 0 Å². The monoisotopic (exact) mass is 304 g/mol. The molecule has 0 saturated heterocycles. The first-order valence-corrected chi connectivity index (χ1v) is 7.58. The summed E-state index contributed by atoms with van der Waals surface area (Å²) >= 11 is 4.74. The van der Waals surface area contributed by atoms with Gasteiger partial charge in [-0.1, -0.05) is 72.3 Å². The highest BCUT2D eigenvalue weighted by molar-refractivity contribution is 7.80. The lowest BCUT2D eigenvalue weighted by molar-refractivity contribution is 0.112. The van der Waals surface area contributed by atoms with Crippen LogP contribution in [0.15, 0.2) is 71.6 Å². The van der Waals surface area contributed by atoms with E-state index in [0.717, 1.165) is 33.4 Å². The fourth-order valence-electron chi connectivity index (χ4n) is 2.48. The maximum absolute atomic E-state index is 10.8. The van der Waals surface area contributed by atoms with Gasteiger partial charge in [0.1, 0.15) is 6.29 Å². The van der Waals surface area contributed by atoms with Crippen LogP contribution in [-0.2, 0) is 0 Å². The van der Waals surface area contributed by atoms with Crippen LogP contribution in [0.3, 0.4) is 0 Å². The highest BCUT2D eigenvalue weighted by atomic mass is 32.1. The van der Waals surface area contributed by atoms with Gasteiger partial charge in [0.25, 0.3) is 0 Å². The van der Waals surface area contributed by atoms with Crippen LogP contribution in [0, 0.1) is 6.92 Å². The molecule has 3 rings (SSSR count). The number of aryl methyl sites for hydroxylation is 1. The summed E-state index contributed by atoms with van der Waals surface area (Å²) in [5.41, 5.74) is 6.31. The Morgan fingerprint density at radius 3 is 1.77 bits per heavy atom. The van der Waals surface area contributed by atoms with Gasteiger partial charge in [-0.15, -0.1) is 12.6 Å². The topological polar surface area (TPSA) is 17.1 Å². The first-order valence-electron chi connectivity index (χ1n) is 7.13. The largest absolute Gasteiger partial charge is 0.298 e. The highest BCUT2D eigenvalue weighted by Gasteiger charge is 2.08. The van der Waals surface area contributed by atoms with E-state index in [1.54, 1.807) is 0 Å². The summed E-state index contributed by atoms with van der Waals surface area (Å²) < 4.78 is 0. The van der Waals surface area contributed by atoms with Crippen molar-refractivity contribution in [2.75, 3.05) is 0 Å². The molecule has 0 spiro atoms. The lowest BCUT2D eigenvalue weighted by Gasteiger charge is -2.11. The van der Waals surface area contributed by atoms with E-state index in [9.17, 15) is 4.79 Å². The molecule has 0 aliphatic carbocycles. The summed E-state index contributed by atoms with van der Waals surface area (Å²) in [5, 5.41) is 0. The van der Waals surface area contributed by atoms with Crippen LogP contribution >= 0.6 is 12.6 Å². The highest BCUT2D eigenvalue weighted by Crippen LogP contribution is 2.35.